The first-order chi connectivity index (χ1) is 14.6. The zero-order valence-corrected chi connectivity index (χ0v) is 16.4. The van der Waals surface area contributed by atoms with Gasteiger partial charge in [-0.3, -0.25) is 19.4 Å². The van der Waals surface area contributed by atoms with E-state index in [1.807, 2.05) is 12.1 Å². The van der Waals surface area contributed by atoms with Crippen LogP contribution in [0.1, 0.15) is 12.0 Å². The van der Waals surface area contributed by atoms with Crippen molar-refractivity contribution in [1.29, 1.82) is 0 Å². The fraction of sp³-hybridized carbons (Fsp3) is 0.364. The van der Waals surface area contributed by atoms with Crippen LogP contribution in [0.5, 0.6) is 11.5 Å². The second-order valence-electron chi connectivity index (χ2n) is 7.73. The number of rotatable bonds is 4. The van der Waals surface area contributed by atoms with Crippen LogP contribution >= 0.6 is 0 Å². The number of hydrogen-bond acceptors (Lipinski definition) is 6. The van der Waals surface area contributed by atoms with Crippen molar-refractivity contribution < 1.29 is 23.5 Å². The number of carbonyl (C=O) groups excluding carboxylic acids is 2. The number of nitrogens with zero attached hydrogens (tertiary/aromatic N) is 3. The van der Waals surface area contributed by atoms with Gasteiger partial charge in [0.1, 0.15) is 5.82 Å². The first-order valence-electron chi connectivity index (χ1n) is 10.1. The fourth-order valence-corrected chi connectivity index (χ4v) is 4.28. The lowest BCUT2D eigenvalue weighted by molar-refractivity contribution is -0.140. The van der Waals surface area contributed by atoms with Crippen molar-refractivity contribution >= 4 is 17.5 Å². The quantitative estimate of drug-likeness (QED) is 0.718. The van der Waals surface area contributed by atoms with E-state index in [9.17, 15) is 14.0 Å². The SMILES string of the molecule is O=C1C[C@@H](N2CCN(c3ccc(F)cc3)CC2)C(=O)N1Cc1ccc2c(c1)OCO2. The molecular formula is C22H22FN3O4. The van der Waals surface area contributed by atoms with Crippen LogP contribution in [0.15, 0.2) is 42.5 Å². The molecule has 0 aromatic heterocycles. The minimum atomic E-state index is -0.415. The van der Waals surface area contributed by atoms with Gasteiger partial charge in [0, 0.05) is 31.9 Å². The zero-order chi connectivity index (χ0) is 20.7. The van der Waals surface area contributed by atoms with Gasteiger partial charge in [0.05, 0.1) is 19.0 Å². The molecule has 2 aromatic carbocycles. The Morgan fingerprint density at radius 2 is 1.67 bits per heavy atom. The third-order valence-electron chi connectivity index (χ3n) is 5.94. The van der Waals surface area contributed by atoms with E-state index in [0.29, 0.717) is 24.6 Å². The van der Waals surface area contributed by atoms with E-state index in [2.05, 4.69) is 9.80 Å². The summed E-state index contributed by atoms with van der Waals surface area (Å²) in [5, 5.41) is 0. The number of carbonyl (C=O) groups is 2. The number of anilines is 1. The highest BCUT2D eigenvalue weighted by atomic mass is 19.1. The van der Waals surface area contributed by atoms with Crippen molar-refractivity contribution in [3.05, 3.63) is 53.8 Å². The third-order valence-corrected chi connectivity index (χ3v) is 5.94. The van der Waals surface area contributed by atoms with E-state index < -0.39 is 6.04 Å². The second kappa shape index (κ2) is 7.60. The van der Waals surface area contributed by atoms with Gasteiger partial charge in [-0.25, -0.2) is 4.39 Å². The standard InChI is InChI=1S/C22H22FN3O4/c23-16-2-4-17(5-3-16)24-7-9-25(10-8-24)18-12-21(27)26(22(18)28)13-15-1-6-19-20(11-15)30-14-29-19/h1-6,11,18H,7-10,12-14H2/t18-/m1/s1. The van der Waals surface area contributed by atoms with Crippen LogP contribution in [0.3, 0.4) is 0 Å². The summed E-state index contributed by atoms with van der Waals surface area (Å²) < 4.78 is 23.8. The van der Waals surface area contributed by atoms with Crippen LogP contribution in [0.25, 0.3) is 0 Å². The summed E-state index contributed by atoms with van der Waals surface area (Å²) >= 11 is 0. The molecule has 30 heavy (non-hydrogen) atoms. The Bertz CT molecular complexity index is 973. The lowest BCUT2D eigenvalue weighted by atomic mass is 10.1. The highest BCUT2D eigenvalue weighted by Gasteiger charge is 2.42. The molecule has 3 aliphatic heterocycles. The molecule has 3 heterocycles. The summed E-state index contributed by atoms with van der Waals surface area (Å²) in [5.74, 6) is 0.765. The highest BCUT2D eigenvalue weighted by molar-refractivity contribution is 6.05. The van der Waals surface area contributed by atoms with Crippen LogP contribution in [-0.4, -0.2) is 60.6 Å². The zero-order valence-electron chi connectivity index (χ0n) is 16.4. The Morgan fingerprint density at radius 3 is 2.43 bits per heavy atom. The van der Waals surface area contributed by atoms with Crippen LogP contribution < -0.4 is 14.4 Å². The molecule has 156 valence electrons. The number of ether oxygens (including phenoxy) is 2. The van der Waals surface area contributed by atoms with Crippen molar-refractivity contribution in [2.24, 2.45) is 0 Å². The molecule has 0 bridgehead atoms. The molecule has 2 amide bonds. The van der Waals surface area contributed by atoms with Gasteiger partial charge in [0.15, 0.2) is 11.5 Å². The maximum absolute atomic E-state index is 13.1. The molecule has 3 aliphatic rings. The maximum Gasteiger partial charge on any atom is 0.247 e. The van der Waals surface area contributed by atoms with Gasteiger partial charge in [0.25, 0.3) is 0 Å². The molecule has 0 spiro atoms. The Labute approximate surface area is 173 Å². The van der Waals surface area contributed by atoms with Crippen molar-refractivity contribution in [1.82, 2.24) is 9.80 Å². The molecule has 8 heteroatoms. The van der Waals surface area contributed by atoms with Crippen molar-refractivity contribution in [3.63, 3.8) is 0 Å². The summed E-state index contributed by atoms with van der Waals surface area (Å²) in [5.41, 5.74) is 1.80. The third kappa shape index (κ3) is 3.47. The summed E-state index contributed by atoms with van der Waals surface area (Å²) in [4.78, 5) is 31.2. The average molecular weight is 411 g/mol. The molecule has 0 radical (unpaired) electrons. The fourth-order valence-electron chi connectivity index (χ4n) is 4.28. The molecule has 0 unspecified atom stereocenters. The predicted molar refractivity (Wildman–Crippen MR) is 107 cm³/mol. The molecule has 2 saturated heterocycles. The van der Waals surface area contributed by atoms with Gasteiger partial charge in [0.2, 0.25) is 18.6 Å². The van der Waals surface area contributed by atoms with Crippen molar-refractivity contribution in [2.75, 3.05) is 37.9 Å². The van der Waals surface area contributed by atoms with Crippen molar-refractivity contribution in [2.45, 2.75) is 19.0 Å². The summed E-state index contributed by atoms with van der Waals surface area (Å²) in [6, 6.07) is 11.5. The Morgan fingerprint density at radius 1 is 0.933 bits per heavy atom. The van der Waals surface area contributed by atoms with Crippen LogP contribution in [0, 0.1) is 5.82 Å². The van der Waals surface area contributed by atoms with Gasteiger partial charge in [-0.05, 0) is 42.0 Å². The molecule has 7 nitrogen and oxygen atoms in total. The van der Waals surface area contributed by atoms with E-state index >= 15 is 0 Å². The maximum atomic E-state index is 13.1. The minimum Gasteiger partial charge on any atom is -0.454 e. The summed E-state index contributed by atoms with van der Waals surface area (Å²) in [7, 11) is 0. The Hall–Kier alpha value is -3.13. The number of likely N-dealkylation sites (tertiary alicyclic amines) is 1. The second-order valence-corrected chi connectivity index (χ2v) is 7.73. The number of piperazine rings is 1. The lowest BCUT2D eigenvalue weighted by Crippen LogP contribution is -2.52. The van der Waals surface area contributed by atoms with E-state index in [1.165, 1.54) is 17.0 Å². The smallest absolute Gasteiger partial charge is 0.247 e. The topological polar surface area (TPSA) is 62.3 Å². The molecule has 1 atom stereocenters. The molecule has 2 aromatic rings. The number of halogens is 1. The van der Waals surface area contributed by atoms with Gasteiger partial charge in [-0.1, -0.05) is 6.07 Å². The molecule has 0 N–H and O–H groups in total. The van der Waals surface area contributed by atoms with Crippen LogP contribution in [0.2, 0.25) is 0 Å². The molecule has 5 rings (SSSR count). The van der Waals surface area contributed by atoms with E-state index in [0.717, 1.165) is 24.3 Å². The number of benzene rings is 2. The monoisotopic (exact) mass is 411 g/mol. The van der Waals surface area contributed by atoms with Gasteiger partial charge in [-0.2, -0.15) is 0 Å². The lowest BCUT2D eigenvalue weighted by Gasteiger charge is -2.38. The minimum absolute atomic E-state index is 0.145. The van der Waals surface area contributed by atoms with Gasteiger partial charge in [-0.15, -0.1) is 0 Å². The van der Waals surface area contributed by atoms with Crippen LogP contribution in [-0.2, 0) is 16.1 Å². The average Bonchev–Trinajstić information content (AvgIpc) is 3.34. The van der Waals surface area contributed by atoms with Gasteiger partial charge >= 0.3 is 0 Å². The molecule has 0 aliphatic carbocycles. The Balaban J connectivity index is 1.22. The molecule has 0 saturated carbocycles. The van der Waals surface area contributed by atoms with E-state index in [1.54, 1.807) is 18.2 Å². The number of hydrogen-bond donors (Lipinski definition) is 0. The normalized spacial score (nSPS) is 21.6. The predicted octanol–water partition coefficient (Wildman–Crippen LogP) is 2.00. The first kappa shape index (κ1) is 18.9. The molecule has 2 fully saturated rings. The van der Waals surface area contributed by atoms with E-state index in [4.69, 9.17) is 9.47 Å². The molecular weight excluding hydrogens is 389 g/mol. The number of amides is 2. The van der Waals surface area contributed by atoms with Crippen LogP contribution in [0.4, 0.5) is 10.1 Å². The number of imide groups is 1. The Kier molecular flexibility index (Phi) is 4.78. The van der Waals surface area contributed by atoms with Crippen molar-refractivity contribution in [3.8, 4) is 11.5 Å². The summed E-state index contributed by atoms with van der Waals surface area (Å²) in [6.07, 6.45) is 0.208. The highest BCUT2D eigenvalue weighted by Crippen LogP contribution is 2.33. The van der Waals surface area contributed by atoms with Gasteiger partial charge < -0.3 is 14.4 Å². The van der Waals surface area contributed by atoms with E-state index in [-0.39, 0.29) is 37.4 Å². The summed E-state index contributed by atoms with van der Waals surface area (Å²) in [6.45, 7) is 3.24. The first-order valence-corrected chi connectivity index (χ1v) is 10.1. The number of fused-ring (bicyclic) bond motifs is 1. The largest absolute Gasteiger partial charge is 0.454 e.